The molecule has 1 amide bonds. The molecule has 0 aliphatic rings. The van der Waals surface area contributed by atoms with E-state index < -0.39 is 0 Å². The van der Waals surface area contributed by atoms with Gasteiger partial charge in [0.1, 0.15) is 5.82 Å². The standard InChI is InChI=1S/C27H35N3O2/c1-6-8-11-20-14-16-21(17-15-20)26(31)30(18-19(3)4)24(7-2)25-28-23-13-10-9-12-22(23)27(32)29(25)5/h9-10,12-17,19,24H,6-8,11,18H2,1-5H3. The summed E-state index contributed by atoms with van der Waals surface area (Å²) in [5.41, 5.74) is 2.52. The average molecular weight is 434 g/mol. The van der Waals surface area contributed by atoms with Crippen LogP contribution >= 0.6 is 0 Å². The van der Waals surface area contributed by atoms with E-state index in [1.54, 1.807) is 17.7 Å². The summed E-state index contributed by atoms with van der Waals surface area (Å²) in [4.78, 5) is 33.4. The number of hydrogen-bond donors (Lipinski definition) is 0. The molecular weight excluding hydrogens is 398 g/mol. The molecule has 0 spiro atoms. The summed E-state index contributed by atoms with van der Waals surface area (Å²) in [6.07, 6.45) is 4.00. The van der Waals surface area contributed by atoms with Gasteiger partial charge in [-0.15, -0.1) is 0 Å². The Morgan fingerprint density at radius 1 is 1.06 bits per heavy atom. The van der Waals surface area contributed by atoms with Crippen LogP contribution in [0.25, 0.3) is 10.9 Å². The van der Waals surface area contributed by atoms with Crippen LogP contribution in [0.2, 0.25) is 0 Å². The lowest BCUT2D eigenvalue weighted by atomic mass is 10.0. The first-order chi connectivity index (χ1) is 15.4. The van der Waals surface area contributed by atoms with E-state index in [9.17, 15) is 9.59 Å². The van der Waals surface area contributed by atoms with Crippen molar-refractivity contribution in [3.05, 3.63) is 75.8 Å². The number of carbonyl (C=O) groups is 1. The van der Waals surface area contributed by atoms with E-state index in [1.807, 2.05) is 42.2 Å². The third-order valence-electron chi connectivity index (χ3n) is 5.92. The highest BCUT2D eigenvalue weighted by molar-refractivity contribution is 5.94. The van der Waals surface area contributed by atoms with Crippen molar-refractivity contribution in [2.45, 2.75) is 59.4 Å². The van der Waals surface area contributed by atoms with Crippen molar-refractivity contribution >= 4 is 16.8 Å². The van der Waals surface area contributed by atoms with E-state index in [0.717, 1.165) is 19.3 Å². The molecule has 0 radical (unpaired) electrons. The molecule has 0 fully saturated rings. The lowest BCUT2D eigenvalue weighted by molar-refractivity contribution is 0.0629. The zero-order chi connectivity index (χ0) is 23.3. The van der Waals surface area contributed by atoms with Crippen LogP contribution in [0, 0.1) is 5.92 Å². The number of carbonyl (C=O) groups excluding carboxylic acids is 1. The Bertz CT molecular complexity index is 1120. The summed E-state index contributed by atoms with van der Waals surface area (Å²) in [7, 11) is 1.75. The maximum absolute atomic E-state index is 13.6. The van der Waals surface area contributed by atoms with E-state index >= 15 is 0 Å². The van der Waals surface area contributed by atoms with E-state index in [0.29, 0.717) is 35.3 Å². The first-order valence-electron chi connectivity index (χ1n) is 11.7. The van der Waals surface area contributed by atoms with Gasteiger partial charge < -0.3 is 4.90 Å². The Kier molecular flexibility index (Phi) is 7.84. The number of fused-ring (bicyclic) bond motifs is 1. The van der Waals surface area contributed by atoms with Gasteiger partial charge in [-0.3, -0.25) is 14.2 Å². The highest BCUT2D eigenvalue weighted by Gasteiger charge is 2.29. The predicted molar refractivity (Wildman–Crippen MR) is 131 cm³/mol. The van der Waals surface area contributed by atoms with Gasteiger partial charge in [0.2, 0.25) is 0 Å². The molecule has 170 valence electrons. The van der Waals surface area contributed by atoms with Crippen molar-refractivity contribution in [3.63, 3.8) is 0 Å². The molecule has 1 unspecified atom stereocenters. The van der Waals surface area contributed by atoms with Crippen LogP contribution in [0.1, 0.15) is 74.7 Å². The SMILES string of the molecule is CCCCc1ccc(C(=O)N(CC(C)C)C(CC)c2nc3ccccc3c(=O)n2C)cc1. The highest BCUT2D eigenvalue weighted by Crippen LogP contribution is 2.26. The van der Waals surface area contributed by atoms with Crippen molar-refractivity contribution in [2.75, 3.05) is 6.54 Å². The normalized spacial score (nSPS) is 12.3. The zero-order valence-electron chi connectivity index (χ0n) is 20.0. The van der Waals surface area contributed by atoms with Crippen molar-refractivity contribution in [1.29, 1.82) is 0 Å². The number of aromatic nitrogens is 2. The van der Waals surface area contributed by atoms with Gasteiger partial charge in [-0.05, 0) is 55.0 Å². The smallest absolute Gasteiger partial charge is 0.261 e. The third kappa shape index (κ3) is 5.09. The minimum absolute atomic E-state index is 0.0185. The van der Waals surface area contributed by atoms with Gasteiger partial charge in [-0.1, -0.05) is 58.4 Å². The number of hydrogen-bond acceptors (Lipinski definition) is 3. The fourth-order valence-corrected chi connectivity index (χ4v) is 4.18. The van der Waals surface area contributed by atoms with E-state index in [-0.39, 0.29) is 23.4 Å². The number of rotatable bonds is 9. The van der Waals surface area contributed by atoms with E-state index in [1.165, 1.54) is 5.56 Å². The molecule has 0 aliphatic heterocycles. The number of amides is 1. The second-order valence-electron chi connectivity index (χ2n) is 8.93. The van der Waals surface area contributed by atoms with Gasteiger partial charge in [0.15, 0.2) is 0 Å². The summed E-state index contributed by atoms with van der Waals surface area (Å²) >= 11 is 0. The molecule has 0 N–H and O–H groups in total. The Hall–Kier alpha value is -2.95. The third-order valence-corrected chi connectivity index (χ3v) is 5.92. The Morgan fingerprint density at radius 2 is 1.75 bits per heavy atom. The Morgan fingerprint density at radius 3 is 2.38 bits per heavy atom. The number of benzene rings is 2. The highest BCUT2D eigenvalue weighted by atomic mass is 16.2. The van der Waals surface area contributed by atoms with Crippen molar-refractivity contribution < 1.29 is 4.79 Å². The van der Waals surface area contributed by atoms with E-state index in [4.69, 9.17) is 4.98 Å². The first-order valence-corrected chi connectivity index (χ1v) is 11.7. The fourth-order valence-electron chi connectivity index (χ4n) is 4.18. The van der Waals surface area contributed by atoms with Gasteiger partial charge >= 0.3 is 0 Å². The summed E-state index contributed by atoms with van der Waals surface area (Å²) < 4.78 is 1.60. The number of unbranched alkanes of at least 4 members (excludes halogenated alkanes) is 1. The predicted octanol–water partition coefficient (Wildman–Crippen LogP) is 5.53. The summed E-state index contributed by atoms with van der Waals surface area (Å²) in [6.45, 7) is 9.03. The molecule has 3 aromatic rings. The molecule has 2 aromatic carbocycles. The molecule has 1 atom stereocenters. The van der Waals surface area contributed by atoms with Gasteiger partial charge in [0, 0.05) is 19.2 Å². The molecule has 32 heavy (non-hydrogen) atoms. The van der Waals surface area contributed by atoms with Gasteiger partial charge in [0.05, 0.1) is 16.9 Å². The number of nitrogens with zero attached hydrogens (tertiary/aromatic N) is 3. The molecule has 5 nitrogen and oxygen atoms in total. The number of aryl methyl sites for hydroxylation is 1. The minimum atomic E-state index is -0.285. The van der Waals surface area contributed by atoms with E-state index in [2.05, 4.69) is 32.9 Å². The van der Waals surface area contributed by atoms with Crippen LogP contribution in [0.5, 0.6) is 0 Å². The Balaban J connectivity index is 2.02. The molecule has 1 heterocycles. The maximum atomic E-state index is 13.6. The first kappa shape index (κ1) is 23.7. The summed E-state index contributed by atoms with van der Waals surface area (Å²) in [5.74, 6) is 0.897. The average Bonchev–Trinajstić information content (AvgIpc) is 2.80. The largest absolute Gasteiger partial charge is 0.328 e. The number of para-hydroxylation sites is 1. The lowest BCUT2D eigenvalue weighted by Crippen LogP contribution is -2.40. The van der Waals surface area contributed by atoms with Crippen LogP contribution in [-0.4, -0.2) is 26.9 Å². The monoisotopic (exact) mass is 433 g/mol. The summed E-state index contributed by atoms with van der Waals surface area (Å²) in [5, 5.41) is 0.595. The molecule has 1 aromatic heterocycles. The van der Waals surface area contributed by atoms with Crippen molar-refractivity contribution in [3.8, 4) is 0 Å². The molecule has 0 saturated heterocycles. The fraction of sp³-hybridized carbons (Fsp3) is 0.444. The Labute approximate surface area is 191 Å². The molecule has 3 rings (SSSR count). The molecular formula is C27H35N3O2. The molecule has 5 heteroatoms. The van der Waals surface area contributed by atoms with Crippen LogP contribution in [-0.2, 0) is 13.5 Å². The lowest BCUT2D eigenvalue weighted by Gasteiger charge is -2.33. The molecule has 0 saturated carbocycles. The topological polar surface area (TPSA) is 55.2 Å². The van der Waals surface area contributed by atoms with Gasteiger partial charge in [-0.2, -0.15) is 0 Å². The van der Waals surface area contributed by atoms with Crippen LogP contribution in [0.4, 0.5) is 0 Å². The minimum Gasteiger partial charge on any atom is -0.328 e. The zero-order valence-corrected chi connectivity index (χ0v) is 20.0. The van der Waals surface area contributed by atoms with Crippen LogP contribution in [0.15, 0.2) is 53.3 Å². The van der Waals surface area contributed by atoms with Crippen molar-refractivity contribution in [1.82, 2.24) is 14.5 Å². The molecule has 0 bridgehead atoms. The van der Waals surface area contributed by atoms with Gasteiger partial charge in [-0.25, -0.2) is 4.98 Å². The van der Waals surface area contributed by atoms with Crippen molar-refractivity contribution in [2.24, 2.45) is 13.0 Å². The second kappa shape index (κ2) is 10.6. The summed E-state index contributed by atoms with van der Waals surface area (Å²) in [6, 6.07) is 15.1. The second-order valence-corrected chi connectivity index (χ2v) is 8.93. The van der Waals surface area contributed by atoms with Gasteiger partial charge in [0.25, 0.3) is 11.5 Å². The van der Waals surface area contributed by atoms with Crippen LogP contribution in [0.3, 0.4) is 0 Å². The van der Waals surface area contributed by atoms with Crippen LogP contribution < -0.4 is 5.56 Å². The maximum Gasteiger partial charge on any atom is 0.261 e. The molecule has 0 aliphatic carbocycles. The quantitative estimate of drug-likeness (QED) is 0.446.